The van der Waals surface area contributed by atoms with Crippen molar-refractivity contribution in [3.05, 3.63) is 109 Å². The number of nitrogens with one attached hydrogen (secondary N) is 1. The van der Waals surface area contributed by atoms with Crippen LogP contribution in [-0.2, 0) is 21.4 Å². The van der Waals surface area contributed by atoms with Crippen molar-refractivity contribution < 1.29 is 27.8 Å². The van der Waals surface area contributed by atoms with E-state index in [4.69, 9.17) is 9.47 Å². The van der Waals surface area contributed by atoms with E-state index < -0.39 is 28.0 Å². The highest BCUT2D eigenvalue weighted by Gasteiger charge is 2.27. The number of hydrogen-bond donors (Lipinski definition) is 2. The predicted molar refractivity (Wildman–Crippen MR) is 146 cm³/mol. The first-order chi connectivity index (χ1) is 18.2. The summed E-state index contributed by atoms with van der Waals surface area (Å²) in [6, 6.07) is 29.9. The summed E-state index contributed by atoms with van der Waals surface area (Å²) in [6.07, 6.45) is 0. The first kappa shape index (κ1) is 26.9. The maximum Gasteiger partial charge on any atom is 0.322 e. The van der Waals surface area contributed by atoms with Crippen LogP contribution in [-0.4, -0.2) is 25.5 Å². The van der Waals surface area contributed by atoms with Crippen molar-refractivity contribution in [1.82, 2.24) is 4.72 Å². The van der Waals surface area contributed by atoms with Gasteiger partial charge in [0.05, 0.1) is 4.90 Å². The molecule has 4 aromatic rings. The van der Waals surface area contributed by atoms with Gasteiger partial charge < -0.3 is 14.6 Å². The Morgan fingerprint density at radius 1 is 0.763 bits per heavy atom. The second kappa shape index (κ2) is 11.9. The highest BCUT2D eigenvalue weighted by Crippen LogP contribution is 2.25. The summed E-state index contributed by atoms with van der Waals surface area (Å²) in [7, 11) is -3.96. The number of carboxylic acids is 1. The van der Waals surface area contributed by atoms with Crippen LogP contribution in [0.3, 0.4) is 0 Å². The molecule has 0 saturated carbocycles. The molecule has 0 aliphatic carbocycles. The number of aliphatic carboxylic acids is 1. The van der Waals surface area contributed by atoms with Gasteiger partial charge in [0.1, 0.15) is 29.9 Å². The fourth-order valence-corrected chi connectivity index (χ4v) is 5.06. The molecule has 0 aromatic heterocycles. The van der Waals surface area contributed by atoms with Crippen LogP contribution in [0.4, 0.5) is 0 Å². The third-order valence-electron chi connectivity index (χ3n) is 5.87. The summed E-state index contributed by atoms with van der Waals surface area (Å²) in [5, 5.41) is 9.29. The lowest BCUT2D eigenvalue weighted by Crippen LogP contribution is -2.44. The number of rotatable bonds is 11. The minimum absolute atomic E-state index is 0.0124. The van der Waals surface area contributed by atoms with Crippen molar-refractivity contribution in [2.75, 3.05) is 0 Å². The molecule has 0 amide bonds. The molecule has 7 nitrogen and oxygen atoms in total. The van der Waals surface area contributed by atoms with E-state index in [-0.39, 0.29) is 4.90 Å². The molecule has 0 spiro atoms. The number of para-hydroxylation sites is 1. The number of carboxylic acid groups (broad SMARTS) is 1. The van der Waals surface area contributed by atoms with Gasteiger partial charge in [0.15, 0.2) is 0 Å². The minimum atomic E-state index is -3.96. The van der Waals surface area contributed by atoms with Gasteiger partial charge in [-0.25, -0.2) is 8.42 Å². The molecule has 1 unspecified atom stereocenters. The fraction of sp³-hybridized carbons (Fsp3) is 0.167. The van der Waals surface area contributed by atoms with Crippen molar-refractivity contribution in [3.63, 3.8) is 0 Å². The van der Waals surface area contributed by atoms with Gasteiger partial charge in [0.2, 0.25) is 10.0 Å². The molecule has 0 fully saturated rings. The average Bonchev–Trinajstić information content (AvgIpc) is 2.92. The largest absolute Gasteiger partial charge is 0.489 e. The molecule has 4 aromatic carbocycles. The molecule has 0 heterocycles. The summed E-state index contributed by atoms with van der Waals surface area (Å²) in [5.74, 6) is 0.620. The van der Waals surface area contributed by atoms with E-state index in [0.29, 0.717) is 6.61 Å². The first-order valence-electron chi connectivity index (χ1n) is 12.1. The maximum atomic E-state index is 12.6. The van der Waals surface area contributed by atoms with Crippen molar-refractivity contribution in [3.8, 4) is 28.4 Å². The van der Waals surface area contributed by atoms with Crippen LogP contribution in [0.1, 0.15) is 19.4 Å². The van der Waals surface area contributed by atoms with Gasteiger partial charge in [-0.15, -0.1) is 0 Å². The second-order valence-electron chi connectivity index (χ2n) is 9.08. The number of hydrogen-bond acceptors (Lipinski definition) is 5. The lowest BCUT2D eigenvalue weighted by Gasteiger charge is -2.18. The molecule has 0 saturated heterocycles. The molecule has 38 heavy (non-hydrogen) atoms. The summed E-state index contributed by atoms with van der Waals surface area (Å²) in [4.78, 5) is 11.4. The third-order valence-corrected chi connectivity index (χ3v) is 7.33. The maximum absolute atomic E-state index is 12.6. The topological polar surface area (TPSA) is 102 Å². The van der Waals surface area contributed by atoms with Gasteiger partial charge in [0, 0.05) is 0 Å². The molecule has 0 bridgehead atoms. The Morgan fingerprint density at radius 3 is 1.84 bits per heavy atom. The Kier molecular flexibility index (Phi) is 8.45. The molecular formula is C30H29NO6S. The molecule has 8 heteroatoms. The lowest BCUT2D eigenvalue weighted by atomic mass is 10.0. The second-order valence-corrected chi connectivity index (χ2v) is 10.8. The van der Waals surface area contributed by atoms with E-state index in [0.717, 1.165) is 33.9 Å². The summed E-state index contributed by atoms with van der Waals surface area (Å²) < 4.78 is 39.2. The van der Waals surface area contributed by atoms with Crippen molar-refractivity contribution in [2.45, 2.75) is 31.4 Å². The quantitative estimate of drug-likeness (QED) is 0.242. The number of carbonyl (C=O) groups is 1. The number of ether oxygens (including phenoxy) is 2. The summed E-state index contributed by atoms with van der Waals surface area (Å²) >= 11 is 0. The van der Waals surface area contributed by atoms with E-state index in [9.17, 15) is 18.3 Å². The Labute approximate surface area is 222 Å². The van der Waals surface area contributed by atoms with Gasteiger partial charge >= 0.3 is 5.97 Å². The number of sulfonamides is 1. The van der Waals surface area contributed by atoms with Crippen LogP contribution in [0.15, 0.2) is 108 Å². The highest BCUT2D eigenvalue weighted by atomic mass is 32.2. The zero-order chi connectivity index (χ0) is 27.1. The molecule has 0 aliphatic heterocycles. The monoisotopic (exact) mass is 531 g/mol. The Hall–Kier alpha value is -4.14. The fourth-order valence-electron chi connectivity index (χ4n) is 3.72. The zero-order valence-electron chi connectivity index (χ0n) is 21.1. The van der Waals surface area contributed by atoms with E-state index in [2.05, 4.69) is 4.72 Å². The van der Waals surface area contributed by atoms with Crippen molar-refractivity contribution in [2.24, 2.45) is 5.92 Å². The molecule has 0 radical (unpaired) electrons. The van der Waals surface area contributed by atoms with Crippen LogP contribution in [0.25, 0.3) is 11.1 Å². The molecule has 0 aliphatic rings. The highest BCUT2D eigenvalue weighted by molar-refractivity contribution is 7.89. The van der Waals surface area contributed by atoms with E-state index in [1.807, 2.05) is 78.9 Å². The number of benzene rings is 4. The lowest BCUT2D eigenvalue weighted by molar-refractivity contribution is -0.140. The molecule has 2 N–H and O–H groups in total. The standard InChI is InChI=1S/C30H29NO6S/c1-21(2)29(30(32)33)31-38(34,35)28-18-12-24(13-19-28)23-10-8-22(9-11-23)20-36-25-14-16-27(17-15-25)37-26-6-4-3-5-7-26/h3-19,21,29,31H,20H2,1-2H3,(H,32,33). The normalized spacial score (nSPS) is 12.2. The van der Waals surface area contributed by atoms with Crippen LogP contribution in [0, 0.1) is 5.92 Å². The van der Waals surface area contributed by atoms with Crippen LogP contribution in [0.5, 0.6) is 17.2 Å². The molecule has 4 rings (SSSR count). The summed E-state index contributed by atoms with van der Waals surface area (Å²) in [6.45, 7) is 3.69. The predicted octanol–water partition coefficient (Wildman–Crippen LogP) is 6.11. The Balaban J connectivity index is 1.34. The van der Waals surface area contributed by atoms with Crippen molar-refractivity contribution >= 4 is 16.0 Å². The first-order valence-corrected chi connectivity index (χ1v) is 13.6. The van der Waals surface area contributed by atoms with E-state index >= 15 is 0 Å². The third kappa shape index (κ3) is 7.00. The minimum Gasteiger partial charge on any atom is -0.489 e. The Morgan fingerprint density at radius 2 is 1.29 bits per heavy atom. The van der Waals surface area contributed by atoms with E-state index in [1.54, 1.807) is 26.0 Å². The van der Waals surface area contributed by atoms with Crippen LogP contribution in [0.2, 0.25) is 0 Å². The van der Waals surface area contributed by atoms with Crippen LogP contribution < -0.4 is 14.2 Å². The van der Waals surface area contributed by atoms with Gasteiger partial charge in [-0.05, 0) is 71.1 Å². The zero-order valence-corrected chi connectivity index (χ0v) is 21.9. The average molecular weight is 532 g/mol. The smallest absolute Gasteiger partial charge is 0.322 e. The van der Waals surface area contributed by atoms with E-state index in [1.165, 1.54) is 12.1 Å². The van der Waals surface area contributed by atoms with Crippen molar-refractivity contribution in [1.29, 1.82) is 0 Å². The molecule has 196 valence electrons. The molecule has 1 atom stereocenters. The van der Waals surface area contributed by atoms with Gasteiger partial charge in [0.25, 0.3) is 0 Å². The van der Waals surface area contributed by atoms with Gasteiger partial charge in [-0.3, -0.25) is 4.79 Å². The SMILES string of the molecule is CC(C)C(NS(=O)(=O)c1ccc(-c2ccc(COc3ccc(Oc4ccccc4)cc3)cc2)cc1)C(=O)O. The van der Waals surface area contributed by atoms with Gasteiger partial charge in [-0.2, -0.15) is 4.72 Å². The van der Waals surface area contributed by atoms with Crippen LogP contribution >= 0.6 is 0 Å². The van der Waals surface area contributed by atoms with Gasteiger partial charge in [-0.1, -0.05) is 68.4 Å². The summed E-state index contributed by atoms with van der Waals surface area (Å²) in [5.41, 5.74) is 2.73. The molecular weight excluding hydrogens is 502 g/mol. The Bertz CT molecular complexity index is 1450.